The van der Waals surface area contributed by atoms with E-state index >= 15 is 0 Å². The number of fused-ring (bicyclic) bond motifs is 1. The Morgan fingerprint density at radius 3 is 1.71 bits per heavy atom. The molecule has 0 spiro atoms. The van der Waals surface area contributed by atoms with E-state index in [1.54, 1.807) is 0 Å². The number of nitrogen functional groups attached to an aromatic ring is 1. The Bertz CT molecular complexity index is 1450. The first-order valence-corrected chi connectivity index (χ1v) is 11.6. The summed E-state index contributed by atoms with van der Waals surface area (Å²) in [7, 11) is 0. The molecule has 0 atom stereocenters. The minimum atomic E-state index is 0.737. The van der Waals surface area contributed by atoms with Crippen molar-refractivity contribution in [3.8, 4) is 22.5 Å². The van der Waals surface area contributed by atoms with Crippen molar-refractivity contribution in [2.75, 3.05) is 11.1 Å². The fourth-order valence-corrected chi connectivity index (χ4v) is 4.12. The number of nitrogens with one attached hydrogen (secondary N) is 1. The molecule has 4 heteroatoms. The molecule has 5 aromatic rings. The second-order valence-corrected chi connectivity index (χ2v) is 8.72. The van der Waals surface area contributed by atoms with Gasteiger partial charge in [0.2, 0.25) is 0 Å². The van der Waals surface area contributed by atoms with Crippen LogP contribution in [0.15, 0.2) is 84.9 Å². The molecule has 0 bridgehead atoms. The summed E-state index contributed by atoms with van der Waals surface area (Å²) in [5, 5.41) is 3.52. The van der Waals surface area contributed by atoms with Gasteiger partial charge in [-0.3, -0.25) is 0 Å². The molecule has 4 aromatic carbocycles. The monoisotopic (exact) mass is 444 g/mol. The molecule has 0 aliphatic heterocycles. The molecule has 1 heterocycles. The van der Waals surface area contributed by atoms with E-state index in [2.05, 4.69) is 86.8 Å². The van der Waals surface area contributed by atoms with E-state index in [1.165, 1.54) is 16.7 Å². The van der Waals surface area contributed by atoms with Crippen LogP contribution in [0.1, 0.15) is 23.6 Å². The Morgan fingerprint density at radius 2 is 1.18 bits per heavy atom. The summed E-state index contributed by atoms with van der Waals surface area (Å²) < 4.78 is 0. The van der Waals surface area contributed by atoms with Crippen molar-refractivity contribution in [1.29, 1.82) is 0 Å². The Kier molecular flexibility index (Phi) is 5.72. The lowest BCUT2D eigenvalue weighted by molar-refractivity contribution is 1.14. The third-order valence-corrected chi connectivity index (χ3v) is 6.13. The predicted molar refractivity (Wildman–Crippen MR) is 143 cm³/mol. The number of benzene rings is 4. The zero-order chi connectivity index (χ0) is 23.7. The molecular weight excluding hydrogens is 416 g/mol. The number of nitrogens with zero attached hydrogens (tertiary/aromatic N) is 2. The van der Waals surface area contributed by atoms with Gasteiger partial charge in [-0.1, -0.05) is 72.6 Å². The van der Waals surface area contributed by atoms with E-state index < -0.39 is 0 Å². The maximum absolute atomic E-state index is 5.87. The summed E-state index contributed by atoms with van der Waals surface area (Å²) in [6, 6.07) is 29.0. The summed E-state index contributed by atoms with van der Waals surface area (Å²) in [6.07, 6.45) is 0.880. The van der Waals surface area contributed by atoms with Crippen molar-refractivity contribution >= 4 is 28.1 Å². The molecule has 4 nitrogen and oxygen atoms in total. The molecule has 5 rings (SSSR count). The first-order chi connectivity index (χ1) is 16.5. The third-order valence-electron chi connectivity index (χ3n) is 6.13. The summed E-state index contributed by atoms with van der Waals surface area (Å²) in [5.41, 5.74) is 17.8. The van der Waals surface area contributed by atoms with Gasteiger partial charge in [-0.25, -0.2) is 9.97 Å². The molecule has 3 N–H and O–H groups in total. The van der Waals surface area contributed by atoms with Crippen molar-refractivity contribution in [3.05, 3.63) is 102 Å². The van der Waals surface area contributed by atoms with E-state index in [0.29, 0.717) is 0 Å². The lowest BCUT2D eigenvalue weighted by atomic mass is 10.0. The number of anilines is 3. The van der Waals surface area contributed by atoms with E-state index in [0.717, 1.165) is 57.0 Å². The summed E-state index contributed by atoms with van der Waals surface area (Å²) in [6.45, 7) is 6.35. The van der Waals surface area contributed by atoms with Gasteiger partial charge in [0.25, 0.3) is 0 Å². The molecule has 34 heavy (non-hydrogen) atoms. The van der Waals surface area contributed by atoms with Crippen LogP contribution in [-0.2, 0) is 6.42 Å². The van der Waals surface area contributed by atoms with Crippen LogP contribution in [0.25, 0.3) is 33.5 Å². The maximum atomic E-state index is 5.87. The number of hydrogen-bond donors (Lipinski definition) is 2. The van der Waals surface area contributed by atoms with Crippen LogP contribution >= 0.6 is 0 Å². The second-order valence-electron chi connectivity index (χ2n) is 8.72. The highest BCUT2D eigenvalue weighted by atomic mass is 14.9. The lowest BCUT2D eigenvalue weighted by Gasteiger charge is -2.16. The Morgan fingerprint density at radius 1 is 0.647 bits per heavy atom. The zero-order valence-corrected chi connectivity index (χ0v) is 19.8. The van der Waals surface area contributed by atoms with Crippen LogP contribution in [0.4, 0.5) is 17.1 Å². The predicted octanol–water partition coefficient (Wildman–Crippen LogP) is 7.47. The van der Waals surface area contributed by atoms with Gasteiger partial charge in [0.05, 0.1) is 22.6 Å². The molecule has 0 fully saturated rings. The lowest BCUT2D eigenvalue weighted by Crippen LogP contribution is -2.01. The Balaban J connectivity index is 1.76. The van der Waals surface area contributed by atoms with Gasteiger partial charge < -0.3 is 11.1 Å². The minimum Gasteiger partial charge on any atom is -0.399 e. The van der Waals surface area contributed by atoms with Crippen LogP contribution in [-0.4, -0.2) is 9.97 Å². The molecule has 0 unspecified atom stereocenters. The van der Waals surface area contributed by atoms with E-state index in [9.17, 15) is 0 Å². The average molecular weight is 445 g/mol. The third kappa shape index (κ3) is 4.23. The highest BCUT2D eigenvalue weighted by Crippen LogP contribution is 2.35. The minimum absolute atomic E-state index is 0.737. The van der Waals surface area contributed by atoms with Gasteiger partial charge in [0, 0.05) is 22.5 Å². The van der Waals surface area contributed by atoms with Crippen LogP contribution in [0, 0.1) is 13.8 Å². The largest absolute Gasteiger partial charge is 0.399 e. The highest BCUT2D eigenvalue weighted by Gasteiger charge is 2.17. The smallest absolute Gasteiger partial charge is 0.113 e. The first kappa shape index (κ1) is 21.7. The summed E-state index contributed by atoms with van der Waals surface area (Å²) in [4.78, 5) is 10.5. The standard InChI is InChI=1S/C30H28N4/c1-4-21-13-18-26(32-25-16-14-24(31)15-17-25)30-27(21)33-28(22-9-5-19(2)6-10-22)29(34-30)23-11-7-20(3)8-12-23/h5-18,32H,4,31H2,1-3H3. The number of aryl methyl sites for hydroxylation is 3. The molecular formula is C30H28N4. The number of rotatable bonds is 5. The molecule has 0 aliphatic rings. The number of nitrogens with two attached hydrogens (primary N) is 1. The Hall–Kier alpha value is -4.18. The van der Waals surface area contributed by atoms with E-state index in [4.69, 9.17) is 15.7 Å². The summed E-state index contributed by atoms with van der Waals surface area (Å²) >= 11 is 0. The molecule has 0 radical (unpaired) electrons. The number of aromatic nitrogens is 2. The zero-order valence-electron chi connectivity index (χ0n) is 19.8. The SMILES string of the molecule is CCc1ccc(Nc2ccc(N)cc2)c2nc(-c3ccc(C)cc3)c(-c3ccc(C)cc3)nc12. The van der Waals surface area contributed by atoms with Crippen LogP contribution in [0.2, 0.25) is 0 Å². The quantitative estimate of drug-likeness (QED) is 0.276. The molecule has 0 amide bonds. The average Bonchev–Trinajstić information content (AvgIpc) is 2.86. The molecule has 0 saturated carbocycles. The molecule has 168 valence electrons. The van der Waals surface area contributed by atoms with Gasteiger partial charge in [-0.05, 0) is 56.2 Å². The molecule has 0 saturated heterocycles. The maximum Gasteiger partial charge on any atom is 0.113 e. The fraction of sp³-hybridized carbons (Fsp3) is 0.133. The highest BCUT2D eigenvalue weighted by molar-refractivity contribution is 5.96. The van der Waals surface area contributed by atoms with Crippen molar-refractivity contribution in [2.24, 2.45) is 0 Å². The second kappa shape index (κ2) is 8.99. The topological polar surface area (TPSA) is 63.8 Å². The van der Waals surface area contributed by atoms with Crippen molar-refractivity contribution < 1.29 is 0 Å². The van der Waals surface area contributed by atoms with E-state index in [-0.39, 0.29) is 0 Å². The van der Waals surface area contributed by atoms with E-state index in [1.807, 2.05) is 24.3 Å². The van der Waals surface area contributed by atoms with Crippen molar-refractivity contribution in [3.63, 3.8) is 0 Å². The number of hydrogen-bond acceptors (Lipinski definition) is 4. The van der Waals surface area contributed by atoms with Crippen LogP contribution in [0.5, 0.6) is 0 Å². The van der Waals surface area contributed by atoms with Crippen LogP contribution in [0.3, 0.4) is 0 Å². The Labute approximate surface area is 200 Å². The molecule has 0 aliphatic carbocycles. The van der Waals surface area contributed by atoms with Gasteiger partial charge in [-0.15, -0.1) is 0 Å². The van der Waals surface area contributed by atoms with Crippen LogP contribution < -0.4 is 11.1 Å². The van der Waals surface area contributed by atoms with Gasteiger partial charge in [0.1, 0.15) is 5.52 Å². The summed E-state index contributed by atoms with van der Waals surface area (Å²) in [5.74, 6) is 0. The van der Waals surface area contributed by atoms with Gasteiger partial charge in [-0.2, -0.15) is 0 Å². The van der Waals surface area contributed by atoms with Gasteiger partial charge >= 0.3 is 0 Å². The van der Waals surface area contributed by atoms with Crippen molar-refractivity contribution in [2.45, 2.75) is 27.2 Å². The van der Waals surface area contributed by atoms with Gasteiger partial charge in [0.15, 0.2) is 0 Å². The molecule has 1 aromatic heterocycles. The van der Waals surface area contributed by atoms with Crippen molar-refractivity contribution in [1.82, 2.24) is 9.97 Å². The first-order valence-electron chi connectivity index (χ1n) is 11.6. The normalized spacial score (nSPS) is 11.0. The fourth-order valence-electron chi connectivity index (χ4n) is 4.12.